The molecule has 1 heterocycles. The smallest absolute Gasteiger partial charge is 0.264 e. The van der Waals surface area contributed by atoms with Crippen molar-refractivity contribution in [1.29, 1.82) is 0 Å². The van der Waals surface area contributed by atoms with Gasteiger partial charge < -0.3 is 5.32 Å². The quantitative estimate of drug-likeness (QED) is 0.279. The second kappa shape index (κ2) is 10.6. The predicted molar refractivity (Wildman–Crippen MR) is 157 cm³/mol. The van der Waals surface area contributed by atoms with Crippen molar-refractivity contribution >= 4 is 54.6 Å². The molecule has 0 unspecified atom stereocenters. The summed E-state index contributed by atoms with van der Waals surface area (Å²) >= 11 is 5.96. The Balaban J connectivity index is 1.40. The molecule has 0 spiro atoms. The Morgan fingerprint density at radius 1 is 0.875 bits per heavy atom. The Morgan fingerprint density at radius 3 is 2.40 bits per heavy atom. The Kier molecular flexibility index (Phi) is 7.34. The second-order valence-corrected chi connectivity index (χ2v) is 13.5. The molecule has 1 aliphatic rings. The molecule has 4 aromatic carbocycles. The minimum Gasteiger partial charge on any atom is -0.322 e. The van der Waals surface area contributed by atoms with E-state index in [2.05, 4.69) is 10.0 Å². The second-order valence-electron chi connectivity index (χ2n) is 9.56. The molecule has 0 fully saturated rings. The van der Waals surface area contributed by atoms with Crippen molar-refractivity contribution in [2.75, 3.05) is 14.3 Å². The van der Waals surface area contributed by atoms with Crippen molar-refractivity contribution in [3.05, 3.63) is 113 Å². The first-order valence-electron chi connectivity index (χ1n) is 12.4. The number of carbonyl (C=O) groups is 1. The standard InChI is InChI=1S/C29H26ClN3O5S2/c1-19-13-14-25(39(35,36)32-24-10-6-9-23(30)17-24)18-27(19)31-29(34)22-8-5-11-26(16-22)40(37,38)33-20(2)15-21-7-3-4-12-28(21)33/h3-14,16-18,20,32H,15H2,1-2H3,(H,31,34)/t20-/m1/s1. The molecule has 0 aliphatic carbocycles. The lowest BCUT2D eigenvalue weighted by Gasteiger charge is -2.24. The monoisotopic (exact) mass is 595 g/mol. The molecule has 8 nitrogen and oxygen atoms in total. The summed E-state index contributed by atoms with van der Waals surface area (Å²) in [4.78, 5) is 13.1. The highest BCUT2D eigenvalue weighted by Crippen LogP contribution is 2.36. The molecule has 40 heavy (non-hydrogen) atoms. The molecule has 11 heteroatoms. The molecule has 0 bridgehead atoms. The number of nitrogens with one attached hydrogen (secondary N) is 2. The van der Waals surface area contributed by atoms with E-state index in [0.29, 0.717) is 28.4 Å². The van der Waals surface area contributed by atoms with Crippen molar-refractivity contribution in [1.82, 2.24) is 0 Å². The highest BCUT2D eigenvalue weighted by molar-refractivity contribution is 7.93. The van der Waals surface area contributed by atoms with Crippen molar-refractivity contribution in [2.24, 2.45) is 0 Å². The van der Waals surface area contributed by atoms with Crippen LogP contribution >= 0.6 is 11.6 Å². The summed E-state index contributed by atoms with van der Waals surface area (Å²) < 4.78 is 57.1. The number of hydrogen-bond donors (Lipinski definition) is 2. The van der Waals surface area contributed by atoms with E-state index in [-0.39, 0.29) is 27.1 Å². The number of aryl methyl sites for hydroxylation is 1. The van der Waals surface area contributed by atoms with Crippen molar-refractivity contribution in [3.8, 4) is 0 Å². The third-order valence-corrected chi connectivity index (χ3v) is 10.2. The first kappa shape index (κ1) is 27.7. The SMILES string of the molecule is Cc1ccc(S(=O)(=O)Nc2cccc(Cl)c2)cc1NC(=O)c1cccc(S(=O)(=O)N2c3ccccc3C[C@H]2C)c1. The van der Waals surface area contributed by atoms with Crippen LogP contribution in [0.25, 0.3) is 0 Å². The van der Waals surface area contributed by atoms with Gasteiger partial charge in [0.1, 0.15) is 0 Å². The largest absolute Gasteiger partial charge is 0.322 e. The molecule has 5 rings (SSSR count). The van der Waals surface area contributed by atoms with Gasteiger partial charge in [-0.3, -0.25) is 13.8 Å². The number of fused-ring (bicyclic) bond motifs is 1. The highest BCUT2D eigenvalue weighted by Gasteiger charge is 2.36. The Hall–Kier alpha value is -3.86. The summed E-state index contributed by atoms with van der Waals surface area (Å²) in [5.41, 5.74) is 2.89. The average molecular weight is 596 g/mol. The van der Waals surface area contributed by atoms with Crippen LogP contribution in [0.1, 0.15) is 28.4 Å². The molecule has 0 saturated carbocycles. The zero-order chi connectivity index (χ0) is 28.7. The average Bonchev–Trinajstić information content (AvgIpc) is 3.26. The molecule has 0 aromatic heterocycles. The molecule has 1 atom stereocenters. The van der Waals surface area contributed by atoms with Gasteiger partial charge >= 0.3 is 0 Å². The molecule has 1 aliphatic heterocycles. The van der Waals surface area contributed by atoms with Gasteiger partial charge in [-0.2, -0.15) is 0 Å². The molecule has 4 aromatic rings. The van der Waals surface area contributed by atoms with E-state index < -0.39 is 26.0 Å². The number of rotatable bonds is 7. The minimum absolute atomic E-state index is 0.0116. The third kappa shape index (κ3) is 5.42. The summed E-state index contributed by atoms with van der Waals surface area (Å²) in [5, 5.41) is 3.10. The summed E-state index contributed by atoms with van der Waals surface area (Å²) in [6.07, 6.45) is 0.597. The van der Waals surface area contributed by atoms with Gasteiger partial charge in [0.05, 0.1) is 21.2 Å². The van der Waals surface area contributed by atoms with Gasteiger partial charge in [0.25, 0.3) is 26.0 Å². The first-order valence-corrected chi connectivity index (χ1v) is 15.7. The maximum absolute atomic E-state index is 13.6. The summed E-state index contributed by atoms with van der Waals surface area (Å²) in [7, 11) is -7.92. The Morgan fingerprint density at radius 2 is 1.62 bits per heavy atom. The normalized spacial score (nSPS) is 15.0. The van der Waals surface area contributed by atoms with Gasteiger partial charge in [-0.1, -0.05) is 48.0 Å². The van der Waals surface area contributed by atoms with Crippen LogP contribution in [-0.4, -0.2) is 28.8 Å². The van der Waals surface area contributed by atoms with Crippen LogP contribution < -0.4 is 14.3 Å². The van der Waals surface area contributed by atoms with Crippen LogP contribution in [0.4, 0.5) is 17.1 Å². The maximum Gasteiger partial charge on any atom is 0.264 e. The topological polar surface area (TPSA) is 113 Å². The van der Waals surface area contributed by atoms with Crippen LogP contribution in [0, 0.1) is 6.92 Å². The van der Waals surface area contributed by atoms with Crippen molar-refractivity contribution < 1.29 is 21.6 Å². The number of amides is 1. The number of benzene rings is 4. The number of para-hydroxylation sites is 1. The van der Waals surface area contributed by atoms with E-state index in [1.807, 2.05) is 19.1 Å². The number of anilines is 3. The van der Waals surface area contributed by atoms with E-state index in [4.69, 9.17) is 11.6 Å². The fourth-order valence-corrected chi connectivity index (χ4v) is 7.68. The Labute approximate surface area is 238 Å². The van der Waals surface area contributed by atoms with Crippen LogP contribution in [0.5, 0.6) is 0 Å². The molecular weight excluding hydrogens is 570 g/mol. The van der Waals surface area contributed by atoms with E-state index in [0.717, 1.165) is 5.56 Å². The van der Waals surface area contributed by atoms with Crippen molar-refractivity contribution in [2.45, 2.75) is 36.1 Å². The summed E-state index contributed by atoms with van der Waals surface area (Å²) in [6, 6.07) is 23.6. The van der Waals surface area contributed by atoms with E-state index in [1.165, 1.54) is 46.8 Å². The van der Waals surface area contributed by atoms with Crippen molar-refractivity contribution in [3.63, 3.8) is 0 Å². The fraction of sp³-hybridized carbons (Fsp3) is 0.138. The molecule has 206 valence electrons. The number of halogens is 1. The van der Waals surface area contributed by atoms with Gasteiger partial charge in [-0.25, -0.2) is 16.8 Å². The van der Waals surface area contributed by atoms with Crippen LogP contribution in [0.3, 0.4) is 0 Å². The summed E-state index contributed by atoms with van der Waals surface area (Å²) in [5.74, 6) is -0.577. The molecule has 1 amide bonds. The van der Waals surface area contributed by atoms with Gasteiger partial charge in [0, 0.05) is 22.3 Å². The molecular formula is C29H26ClN3O5S2. The lowest BCUT2D eigenvalue weighted by Crippen LogP contribution is -2.35. The predicted octanol–water partition coefficient (Wildman–Crippen LogP) is 5.84. The van der Waals surface area contributed by atoms with E-state index in [1.54, 1.807) is 43.3 Å². The molecule has 2 N–H and O–H groups in total. The third-order valence-electron chi connectivity index (χ3n) is 6.64. The lowest BCUT2D eigenvalue weighted by molar-refractivity contribution is 0.102. The van der Waals surface area contributed by atoms with Crippen LogP contribution in [-0.2, 0) is 26.5 Å². The van der Waals surface area contributed by atoms with Gasteiger partial charge in [0.15, 0.2) is 0 Å². The maximum atomic E-state index is 13.6. The number of hydrogen-bond acceptors (Lipinski definition) is 5. The molecule has 0 saturated heterocycles. The summed E-state index contributed by atoms with van der Waals surface area (Å²) in [6.45, 7) is 3.57. The number of sulfonamides is 2. The Bertz CT molecular complexity index is 1840. The minimum atomic E-state index is -3.98. The zero-order valence-corrected chi connectivity index (χ0v) is 24.0. The lowest BCUT2D eigenvalue weighted by atomic mass is 10.1. The van der Waals surface area contributed by atoms with Crippen LogP contribution in [0.2, 0.25) is 5.02 Å². The fourth-order valence-electron chi connectivity index (χ4n) is 4.68. The first-order chi connectivity index (χ1) is 19.0. The molecule has 0 radical (unpaired) electrons. The van der Waals surface area contributed by atoms with Crippen LogP contribution in [0.15, 0.2) is 101 Å². The highest BCUT2D eigenvalue weighted by atomic mass is 35.5. The number of carbonyl (C=O) groups excluding carboxylic acids is 1. The van der Waals surface area contributed by atoms with Gasteiger partial charge in [-0.15, -0.1) is 0 Å². The number of nitrogens with zero attached hydrogens (tertiary/aromatic N) is 1. The van der Waals surface area contributed by atoms with Gasteiger partial charge in [0.2, 0.25) is 0 Å². The van der Waals surface area contributed by atoms with E-state index in [9.17, 15) is 21.6 Å². The van der Waals surface area contributed by atoms with E-state index >= 15 is 0 Å². The van der Waals surface area contributed by atoms with Gasteiger partial charge in [-0.05, 0) is 86.0 Å². The zero-order valence-electron chi connectivity index (χ0n) is 21.6.